The van der Waals surface area contributed by atoms with Gasteiger partial charge in [-0.1, -0.05) is 42.5 Å². The van der Waals surface area contributed by atoms with Crippen molar-refractivity contribution in [1.82, 2.24) is 0 Å². The minimum atomic E-state index is -0.864. The van der Waals surface area contributed by atoms with E-state index < -0.39 is 11.9 Å². The summed E-state index contributed by atoms with van der Waals surface area (Å²) in [7, 11) is 0. The first-order chi connectivity index (χ1) is 16.8. The number of nitrogen functional groups attached to an aromatic ring is 1. The molecule has 3 aromatic carbocycles. The number of nitrogens with two attached hydrogens (primary N) is 1. The van der Waals surface area contributed by atoms with E-state index in [1.165, 1.54) is 0 Å². The maximum atomic E-state index is 12.1. The van der Waals surface area contributed by atoms with Gasteiger partial charge in [0.1, 0.15) is 11.6 Å². The number of hydrogen-bond acceptors (Lipinski definition) is 4. The Morgan fingerprint density at radius 1 is 1.06 bits per heavy atom. The predicted octanol–water partition coefficient (Wildman–Crippen LogP) is 5.90. The molecule has 1 fully saturated rings. The largest absolute Gasteiger partial charge is 0.490 e. The van der Waals surface area contributed by atoms with Gasteiger partial charge in [0.05, 0.1) is 12.0 Å². The van der Waals surface area contributed by atoms with Crippen molar-refractivity contribution in [2.24, 2.45) is 11.7 Å². The summed E-state index contributed by atoms with van der Waals surface area (Å²) in [5.41, 5.74) is 8.67. The van der Waals surface area contributed by atoms with Crippen molar-refractivity contribution in [2.45, 2.75) is 57.5 Å². The van der Waals surface area contributed by atoms with Crippen LogP contribution in [0.2, 0.25) is 0 Å². The van der Waals surface area contributed by atoms with E-state index in [2.05, 4.69) is 0 Å². The second-order valence-electron chi connectivity index (χ2n) is 9.71. The second kappa shape index (κ2) is 10.7. The minimum absolute atomic E-state index is 0.0117. The first-order valence-corrected chi connectivity index (χ1v) is 12.2. The number of hydrogen-bond donors (Lipinski definition) is 4. The molecular formula is C29H33N3O3. The molecule has 3 aromatic rings. The Bertz CT molecular complexity index is 1240. The Balaban J connectivity index is 1.43. The van der Waals surface area contributed by atoms with Crippen molar-refractivity contribution in [2.75, 3.05) is 0 Å². The van der Waals surface area contributed by atoms with Crippen molar-refractivity contribution in [3.05, 3.63) is 77.4 Å². The highest BCUT2D eigenvalue weighted by Crippen LogP contribution is 2.33. The van der Waals surface area contributed by atoms with E-state index in [0.717, 1.165) is 65.5 Å². The highest BCUT2D eigenvalue weighted by molar-refractivity contribution is 5.99. The van der Waals surface area contributed by atoms with Gasteiger partial charge < -0.3 is 21.0 Å². The highest BCUT2D eigenvalue weighted by atomic mass is 16.5. The average Bonchev–Trinajstić information content (AvgIpc) is 3.28. The van der Waals surface area contributed by atoms with Crippen LogP contribution < -0.4 is 10.5 Å². The molecule has 1 unspecified atom stereocenters. The van der Waals surface area contributed by atoms with Gasteiger partial charge in [-0.3, -0.25) is 10.2 Å². The number of carboxylic acids is 1. The fourth-order valence-electron chi connectivity index (χ4n) is 4.96. The molecule has 0 aliphatic heterocycles. The molecule has 0 radical (unpaired) electrons. The third-order valence-electron chi connectivity index (χ3n) is 6.96. The third kappa shape index (κ3) is 6.27. The maximum absolute atomic E-state index is 12.1. The first-order valence-electron chi connectivity index (χ1n) is 12.2. The van der Waals surface area contributed by atoms with Crippen LogP contribution in [0.4, 0.5) is 0 Å². The molecule has 35 heavy (non-hydrogen) atoms. The number of carbonyl (C=O) groups is 1. The first kappa shape index (κ1) is 24.5. The predicted molar refractivity (Wildman–Crippen MR) is 140 cm³/mol. The number of aliphatic carboxylic acids is 1. The van der Waals surface area contributed by atoms with Gasteiger partial charge in [0.15, 0.2) is 0 Å². The van der Waals surface area contributed by atoms with Crippen molar-refractivity contribution in [3.8, 4) is 5.75 Å². The monoisotopic (exact) mass is 471 g/mol. The van der Waals surface area contributed by atoms with Crippen molar-refractivity contribution >= 4 is 28.3 Å². The van der Waals surface area contributed by atoms with Gasteiger partial charge in [-0.2, -0.15) is 0 Å². The molecule has 1 aliphatic rings. The van der Waals surface area contributed by atoms with Gasteiger partial charge in [0, 0.05) is 11.3 Å². The highest BCUT2D eigenvalue weighted by Gasteiger charge is 2.26. The zero-order valence-corrected chi connectivity index (χ0v) is 20.1. The van der Waals surface area contributed by atoms with E-state index in [0.29, 0.717) is 17.9 Å². The number of rotatable bonds is 10. The smallest absolute Gasteiger partial charge is 0.311 e. The fourth-order valence-corrected chi connectivity index (χ4v) is 4.96. The van der Waals surface area contributed by atoms with Crippen LogP contribution in [0.25, 0.3) is 10.8 Å². The van der Waals surface area contributed by atoms with Crippen molar-refractivity contribution in [1.29, 1.82) is 10.8 Å². The minimum Gasteiger partial charge on any atom is -0.490 e. The average molecular weight is 472 g/mol. The summed E-state index contributed by atoms with van der Waals surface area (Å²) < 4.78 is 6.18. The lowest BCUT2D eigenvalue weighted by Gasteiger charge is -2.17. The van der Waals surface area contributed by atoms with E-state index in [4.69, 9.17) is 21.3 Å². The standard InChI is InChI=1S/C29H33N3O3/c1-18(30)2-3-19-5-11-26(15-19)35-25-12-9-22(10-13-25)27(29(33)34)16-20-4-6-21-7-8-23(28(31)32)17-24(21)14-20/h4,6-10,12-14,17,19,26-27,30H,2-3,5,11,15-16H2,1H3,(H3,31,32)(H,33,34)/t19?,26-,27-/m0/s1. The van der Waals surface area contributed by atoms with Crippen LogP contribution in [-0.2, 0) is 11.2 Å². The summed E-state index contributed by atoms with van der Waals surface area (Å²) in [6.07, 6.45) is 5.64. The molecule has 4 rings (SSSR count). The molecule has 6 nitrogen and oxygen atoms in total. The summed E-state index contributed by atoms with van der Waals surface area (Å²) in [5, 5.41) is 27.2. The Kier molecular flexibility index (Phi) is 7.49. The SMILES string of the molecule is CC(=N)CCC1CC[C@H](Oc2ccc([C@H](Cc3ccc4ccc(C(=N)N)cc4c3)C(=O)O)cc2)C1. The van der Waals surface area contributed by atoms with Crippen LogP contribution in [-0.4, -0.2) is 28.7 Å². The summed E-state index contributed by atoms with van der Waals surface area (Å²) in [4.78, 5) is 12.1. The Hall–Kier alpha value is -3.67. The van der Waals surface area contributed by atoms with E-state index in [1.807, 2.05) is 67.6 Å². The molecule has 182 valence electrons. The van der Waals surface area contributed by atoms with Gasteiger partial charge in [-0.25, -0.2) is 0 Å². The topological polar surface area (TPSA) is 120 Å². The summed E-state index contributed by atoms with van der Waals surface area (Å²) in [6, 6.07) is 19.0. The Morgan fingerprint density at radius 3 is 2.49 bits per heavy atom. The lowest BCUT2D eigenvalue weighted by Crippen LogP contribution is -2.15. The fraction of sp³-hybridized carbons (Fsp3) is 0.345. The molecule has 1 saturated carbocycles. The zero-order chi connectivity index (χ0) is 24.9. The summed E-state index contributed by atoms with van der Waals surface area (Å²) >= 11 is 0. The van der Waals surface area contributed by atoms with E-state index in [9.17, 15) is 9.90 Å². The number of benzene rings is 3. The van der Waals surface area contributed by atoms with E-state index >= 15 is 0 Å². The van der Waals surface area contributed by atoms with Crippen LogP contribution in [0.1, 0.15) is 61.6 Å². The third-order valence-corrected chi connectivity index (χ3v) is 6.96. The van der Waals surface area contributed by atoms with Gasteiger partial charge in [0.25, 0.3) is 0 Å². The lowest BCUT2D eigenvalue weighted by molar-refractivity contribution is -0.138. The Morgan fingerprint density at radius 2 is 1.80 bits per heavy atom. The molecule has 0 spiro atoms. The molecule has 6 heteroatoms. The summed E-state index contributed by atoms with van der Waals surface area (Å²) in [6.45, 7) is 1.86. The van der Waals surface area contributed by atoms with Crippen molar-refractivity contribution < 1.29 is 14.6 Å². The van der Waals surface area contributed by atoms with Gasteiger partial charge >= 0.3 is 5.97 Å². The molecular weight excluding hydrogens is 438 g/mol. The molecule has 0 aromatic heterocycles. The molecule has 0 bridgehead atoms. The normalized spacial score (nSPS) is 18.3. The number of fused-ring (bicyclic) bond motifs is 1. The molecule has 5 N–H and O–H groups in total. The van der Waals surface area contributed by atoms with Crippen LogP contribution in [0.3, 0.4) is 0 Å². The molecule has 3 atom stereocenters. The second-order valence-corrected chi connectivity index (χ2v) is 9.71. The van der Waals surface area contributed by atoms with Crippen LogP contribution in [0.15, 0.2) is 60.7 Å². The van der Waals surface area contributed by atoms with Gasteiger partial charge in [-0.05, 0) is 91.5 Å². The molecule has 0 amide bonds. The lowest BCUT2D eigenvalue weighted by atomic mass is 9.91. The van der Waals surface area contributed by atoms with E-state index in [-0.39, 0.29) is 11.9 Å². The molecule has 1 aliphatic carbocycles. The number of nitrogens with one attached hydrogen (secondary N) is 2. The number of amidine groups is 1. The van der Waals surface area contributed by atoms with E-state index in [1.54, 1.807) is 0 Å². The van der Waals surface area contributed by atoms with Crippen LogP contribution >= 0.6 is 0 Å². The number of ether oxygens (including phenoxy) is 1. The van der Waals surface area contributed by atoms with Gasteiger partial charge in [0.2, 0.25) is 0 Å². The Labute approximate surface area is 206 Å². The quantitative estimate of drug-likeness (QED) is 0.217. The molecule has 0 heterocycles. The van der Waals surface area contributed by atoms with Crippen molar-refractivity contribution in [3.63, 3.8) is 0 Å². The summed E-state index contributed by atoms with van der Waals surface area (Å²) in [5.74, 6) is -0.134. The zero-order valence-electron chi connectivity index (χ0n) is 20.1. The van der Waals surface area contributed by atoms with Crippen LogP contribution in [0.5, 0.6) is 5.75 Å². The van der Waals surface area contributed by atoms with Crippen LogP contribution in [0, 0.1) is 16.7 Å². The maximum Gasteiger partial charge on any atom is 0.311 e. The number of carboxylic acid groups (broad SMARTS) is 1. The molecule has 0 saturated heterocycles. The van der Waals surface area contributed by atoms with Gasteiger partial charge in [-0.15, -0.1) is 0 Å².